The zero-order valence-corrected chi connectivity index (χ0v) is 17.3. The molecule has 1 aromatic heterocycles. The van der Waals surface area contributed by atoms with Crippen LogP contribution >= 0.6 is 11.8 Å². The fraction of sp³-hybridized carbons (Fsp3) is 0.500. The highest BCUT2D eigenvalue weighted by Crippen LogP contribution is 2.21. The van der Waals surface area contributed by atoms with Gasteiger partial charge in [0.05, 0.1) is 12.3 Å². The second-order valence-corrected chi connectivity index (χ2v) is 7.79. The normalized spacial score (nSPS) is 14.8. The molecule has 0 spiro atoms. The molecular formula is C20H27N5O2S. The highest BCUT2D eigenvalue weighted by Gasteiger charge is 2.21. The van der Waals surface area contributed by atoms with Gasteiger partial charge in [0.25, 0.3) is 0 Å². The second kappa shape index (κ2) is 9.73. The van der Waals surface area contributed by atoms with Crippen LogP contribution in [0, 0.1) is 0 Å². The number of amides is 2. The molecule has 3 rings (SSSR count). The Hall–Kier alpha value is -2.35. The first-order valence-corrected chi connectivity index (χ1v) is 10.7. The van der Waals surface area contributed by atoms with E-state index in [2.05, 4.69) is 10.2 Å². The van der Waals surface area contributed by atoms with Crippen LogP contribution in [0.1, 0.15) is 38.4 Å². The fourth-order valence-electron chi connectivity index (χ4n) is 3.26. The van der Waals surface area contributed by atoms with Gasteiger partial charge in [-0.1, -0.05) is 36.4 Å². The third-order valence-corrected chi connectivity index (χ3v) is 5.91. The summed E-state index contributed by atoms with van der Waals surface area (Å²) in [7, 11) is 1.78. The first-order chi connectivity index (χ1) is 13.6. The lowest BCUT2D eigenvalue weighted by atomic mass is 10.2. The summed E-state index contributed by atoms with van der Waals surface area (Å²) in [6.45, 7) is 3.99. The number of hydrogen-bond donors (Lipinski definition) is 0. The van der Waals surface area contributed by atoms with Crippen molar-refractivity contribution in [2.45, 2.75) is 50.9 Å². The minimum atomic E-state index is 0.00565. The van der Waals surface area contributed by atoms with Crippen molar-refractivity contribution < 1.29 is 9.59 Å². The van der Waals surface area contributed by atoms with Crippen LogP contribution in [-0.2, 0) is 22.7 Å². The predicted molar refractivity (Wildman–Crippen MR) is 110 cm³/mol. The highest BCUT2D eigenvalue weighted by atomic mass is 32.2. The molecule has 0 atom stereocenters. The molecule has 2 heterocycles. The number of carbonyl (C=O) groups excluding carboxylic acids is 2. The lowest BCUT2D eigenvalue weighted by molar-refractivity contribution is -0.131. The molecule has 1 aliphatic rings. The third kappa shape index (κ3) is 4.92. The highest BCUT2D eigenvalue weighted by molar-refractivity contribution is 7.99. The molecule has 0 unspecified atom stereocenters. The van der Waals surface area contributed by atoms with Gasteiger partial charge in [-0.05, 0) is 31.9 Å². The summed E-state index contributed by atoms with van der Waals surface area (Å²) in [5.41, 5.74) is 0.866. The van der Waals surface area contributed by atoms with Gasteiger partial charge in [0, 0.05) is 32.2 Å². The van der Waals surface area contributed by atoms with Crippen molar-refractivity contribution in [2.75, 3.05) is 24.2 Å². The molecule has 0 radical (unpaired) electrons. The van der Waals surface area contributed by atoms with E-state index in [4.69, 9.17) is 0 Å². The Balaban J connectivity index is 1.63. The lowest BCUT2D eigenvalue weighted by Crippen LogP contribution is -2.31. The van der Waals surface area contributed by atoms with Crippen molar-refractivity contribution in [2.24, 2.45) is 0 Å². The molecule has 2 amide bonds. The number of hydrogen-bond acceptors (Lipinski definition) is 5. The lowest BCUT2D eigenvalue weighted by Gasteiger charge is -2.20. The largest absolute Gasteiger partial charge is 0.335 e. The van der Waals surface area contributed by atoms with E-state index in [0.717, 1.165) is 42.5 Å². The minimum absolute atomic E-state index is 0.00565. The SMILES string of the molecule is CCn1c(CN2CCCCCC2=O)nnc1SCC(=O)N(C)c1ccccc1. The van der Waals surface area contributed by atoms with Gasteiger partial charge in [-0.2, -0.15) is 0 Å². The molecule has 1 aromatic carbocycles. The van der Waals surface area contributed by atoms with Crippen LogP contribution in [-0.4, -0.2) is 50.8 Å². The van der Waals surface area contributed by atoms with Crippen LogP contribution in [0.15, 0.2) is 35.5 Å². The average Bonchev–Trinajstić information content (AvgIpc) is 3.00. The Morgan fingerprint density at radius 3 is 2.71 bits per heavy atom. The van der Waals surface area contributed by atoms with Gasteiger partial charge in [-0.25, -0.2) is 0 Å². The average molecular weight is 402 g/mol. The van der Waals surface area contributed by atoms with Gasteiger partial charge in [-0.15, -0.1) is 10.2 Å². The Labute approximate surface area is 170 Å². The van der Waals surface area contributed by atoms with E-state index >= 15 is 0 Å². The fourth-order valence-corrected chi connectivity index (χ4v) is 4.19. The molecule has 0 saturated carbocycles. The molecule has 7 nitrogen and oxygen atoms in total. The van der Waals surface area contributed by atoms with E-state index in [-0.39, 0.29) is 17.6 Å². The summed E-state index contributed by atoms with van der Waals surface area (Å²) in [5.74, 6) is 1.26. The number of nitrogens with zero attached hydrogens (tertiary/aromatic N) is 5. The Kier molecular flexibility index (Phi) is 7.08. The number of carbonyl (C=O) groups is 2. The maximum absolute atomic E-state index is 12.5. The van der Waals surface area contributed by atoms with Crippen LogP contribution < -0.4 is 4.90 Å². The molecule has 28 heavy (non-hydrogen) atoms. The first kappa shape index (κ1) is 20.4. The first-order valence-electron chi connectivity index (χ1n) is 9.74. The third-order valence-electron chi connectivity index (χ3n) is 4.96. The van der Waals surface area contributed by atoms with E-state index in [1.54, 1.807) is 11.9 Å². The predicted octanol–water partition coefficient (Wildman–Crippen LogP) is 2.96. The van der Waals surface area contributed by atoms with E-state index in [9.17, 15) is 9.59 Å². The molecule has 0 N–H and O–H groups in total. The van der Waals surface area contributed by atoms with Crippen molar-refractivity contribution >= 4 is 29.3 Å². The van der Waals surface area contributed by atoms with Gasteiger partial charge < -0.3 is 14.4 Å². The summed E-state index contributed by atoms with van der Waals surface area (Å²) in [6, 6.07) is 9.57. The summed E-state index contributed by atoms with van der Waals surface area (Å²) in [4.78, 5) is 28.3. The number of anilines is 1. The van der Waals surface area contributed by atoms with Crippen molar-refractivity contribution in [1.82, 2.24) is 19.7 Å². The van der Waals surface area contributed by atoms with Crippen LogP contribution in [0.3, 0.4) is 0 Å². The molecule has 0 aliphatic carbocycles. The number of benzene rings is 1. The zero-order valence-electron chi connectivity index (χ0n) is 16.5. The molecule has 2 aromatic rings. The van der Waals surface area contributed by atoms with E-state index in [1.807, 2.05) is 46.7 Å². The summed E-state index contributed by atoms with van der Waals surface area (Å²) < 4.78 is 2.00. The zero-order chi connectivity index (χ0) is 19.9. The van der Waals surface area contributed by atoms with Gasteiger partial charge in [0.15, 0.2) is 11.0 Å². The summed E-state index contributed by atoms with van der Waals surface area (Å²) in [6.07, 6.45) is 3.71. The monoisotopic (exact) mass is 401 g/mol. The number of aromatic nitrogens is 3. The number of thioether (sulfide) groups is 1. The number of rotatable bonds is 7. The Bertz CT molecular complexity index is 808. The van der Waals surface area contributed by atoms with Crippen molar-refractivity contribution in [3.63, 3.8) is 0 Å². The van der Waals surface area contributed by atoms with Crippen molar-refractivity contribution in [1.29, 1.82) is 0 Å². The smallest absolute Gasteiger partial charge is 0.237 e. The standard InChI is InChI=1S/C20H27N5O2S/c1-3-25-17(14-24-13-9-5-8-12-18(24)26)21-22-20(25)28-15-19(27)23(2)16-10-6-4-7-11-16/h4,6-7,10-11H,3,5,8-9,12-15H2,1-2H3. The number of likely N-dealkylation sites (tertiary alicyclic amines) is 1. The quantitative estimate of drug-likeness (QED) is 0.667. The van der Waals surface area contributed by atoms with Crippen LogP contribution in [0.2, 0.25) is 0 Å². The van der Waals surface area contributed by atoms with E-state index < -0.39 is 0 Å². The van der Waals surface area contributed by atoms with Gasteiger partial charge in [-0.3, -0.25) is 9.59 Å². The Morgan fingerprint density at radius 1 is 1.18 bits per heavy atom. The molecule has 8 heteroatoms. The van der Waals surface area contributed by atoms with Crippen molar-refractivity contribution in [3.05, 3.63) is 36.2 Å². The molecule has 1 fully saturated rings. The maximum atomic E-state index is 12.5. The number of para-hydroxylation sites is 1. The van der Waals surface area contributed by atoms with Gasteiger partial charge >= 0.3 is 0 Å². The van der Waals surface area contributed by atoms with Crippen LogP contribution in [0.4, 0.5) is 5.69 Å². The van der Waals surface area contributed by atoms with Crippen LogP contribution in [0.5, 0.6) is 0 Å². The molecule has 150 valence electrons. The van der Waals surface area contributed by atoms with Crippen molar-refractivity contribution in [3.8, 4) is 0 Å². The van der Waals surface area contributed by atoms with Gasteiger partial charge in [0.1, 0.15) is 0 Å². The van der Waals surface area contributed by atoms with E-state index in [1.165, 1.54) is 11.8 Å². The summed E-state index contributed by atoms with van der Waals surface area (Å²) in [5, 5.41) is 9.29. The summed E-state index contributed by atoms with van der Waals surface area (Å²) >= 11 is 1.39. The Morgan fingerprint density at radius 2 is 1.96 bits per heavy atom. The second-order valence-electron chi connectivity index (χ2n) is 6.85. The minimum Gasteiger partial charge on any atom is -0.335 e. The van der Waals surface area contributed by atoms with E-state index in [0.29, 0.717) is 19.5 Å². The molecule has 1 saturated heterocycles. The topological polar surface area (TPSA) is 71.3 Å². The van der Waals surface area contributed by atoms with Gasteiger partial charge in [0.2, 0.25) is 11.8 Å². The molecular weight excluding hydrogens is 374 g/mol. The molecule has 1 aliphatic heterocycles. The maximum Gasteiger partial charge on any atom is 0.237 e. The molecule has 0 bridgehead atoms. The van der Waals surface area contributed by atoms with Crippen LogP contribution in [0.25, 0.3) is 0 Å².